The molecule has 0 aromatic heterocycles. The van der Waals surface area contributed by atoms with E-state index in [0.717, 1.165) is 0 Å². The number of ether oxygens (including phenoxy) is 1. The van der Waals surface area contributed by atoms with Crippen LogP contribution >= 0.6 is 23.2 Å². The molecular weight excluding hydrogens is 463 g/mol. The number of hydrogen-bond acceptors (Lipinski definition) is 5. The highest BCUT2D eigenvalue weighted by Crippen LogP contribution is 2.41. The molecule has 1 aliphatic rings. The highest BCUT2D eigenvalue weighted by Gasteiger charge is 2.46. The Morgan fingerprint density at radius 1 is 1.09 bits per heavy atom. The van der Waals surface area contributed by atoms with Crippen molar-refractivity contribution in [3.8, 4) is 5.75 Å². The SMILES string of the molecule is CC(C)COc1ccc(/C(O)=C2\C(=O)C(=O)N(CCN(C)C)C2c2ccc(Cl)c(Cl)c2)cc1. The van der Waals surface area contributed by atoms with Gasteiger partial charge in [0.2, 0.25) is 0 Å². The van der Waals surface area contributed by atoms with Gasteiger partial charge in [-0.2, -0.15) is 0 Å². The maximum atomic E-state index is 13.0. The molecule has 1 aliphatic heterocycles. The second kappa shape index (κ2) is 10.6. The van der Waals surface area contributed by atoms with E-state index in [9.17, 15) is 14.7 Å². The summed E-state index contributed by atoms with van der Waals surface area (Å²) in [6.45, 7) is 5.53. The molecule has 0 spiro atoms. The summed E-state index contributed by atoms with van der Waals surface area (Å²) < 4.78 is 5.69. The van der Waals surface area contributed by atoms with Gasteiger partial charge in [0.25, 0.3) is 11.7 Å². The standard InChI is InChI=1S/C25H28Cl2N2O4/c1-15(2)14-33-18-8-5-16(6-9-18)23(30)21-22(17-7-10-19(26)20(27)13-17)29(12-11-28(3)4)25(32)24(21)31/h5-10,13,15,22,30H,11-12,14H2,1-4H3/b23-21+. The summed E-state index contributed by atoms with van der Waals surface area (Å²) in [5.41, 5.74) is 1.04. The predicted molar refractivity (Wildman–Crippen MR) is 131 cm³/mol. The van der Waals surface area contributed by atoms with Gasteiger partial charge in [-0.15, -0.1) is 0 Å². The van der Waals surface area contributed by atoms with Crippen LogP contribution in [-0.2, 0) is 9.59 Å². The first-order valence-electron chi connectivity index (χ1n) is 10.7. The molecule has 33 heavy (non-hydrogen) atoms. The van der Waals surface area contributed by atoms with Crippen molar-refractivity contribution in [3.63, 3.8) is 0 Å². The number of carbonyl (C=O) groups is 2. The molecule has 0 saturated carbocycles. The average molecular weight is 491 g/mol. The monoisotopic (exact) mass is 490 g/mol. The minimum absolute atomic E-state index is 0.0213. The molecule has 8 heteroatoms. The van der Waals surface area contributed by atoms with Gasteiger partial charge in [0.1, 0.15) is 11.5 Å². The number of likely N-dealkylation sites (tertiary alicyclic amines) is 1. The van der Waals surface area contributed by atoms with Crippen molar-refractivity contribution in [1.82, 2.24) is 9.80 Å². The molecular formula is C25H28Cl2N2O4. The van der Waals surface area contributed by atoms with Crippen LogP contribution in [0.5, 0.6) is 5.75 Å². The third-order valence-corrected chi connectivity index (χ3v) is 6.04. The fraction of sp³-hybridized carbons (Fsp3) is 0.360. The number of halogens is 2. The van der Waals surface area contributed by atoms with Crippen molar-refractivity contribution in [1.29, 1.82) is 0 Å². The minimum atomic E-state index is -0.781. The van der Waals surface area contributed by atoms with Crippen LogP contribution in [-0.4, -0.2) is 60.4 Å². The molecule has 0 bridgehead atoms. The number of carbonyl (C=O) groups excluding carboxylic acids is 2. The Balaban J connectivity index is 2.05. The zero-order valence-electron chi connectivity index (χ0n) is 19.1. The summed E-state index contributed by atoms with van der Waals surface area (Å²) in [4.78, 5) is 29.4. The lowest BCUT2D eigenvalue weighted by Gasteiger charge is -2.26. The molecule has 176 valence electrons. The smallest absolute Gasteiger partial charge is 0.295 e. The Labute approximate surface area is 204 Å². The number of benzene rings is 2. The van der Waals surface area contributed by atoms with E-state index in [2.05, 4.69) is 13.8 Å². The van der Waals surface area contributed by atoms with Crippen molar-refractivity contribution < 1.29 is 19.4 Å². The van der Waals surface area contributed by atoms with Gasteiger partial charge in [-0.05, 0) is 62.0 Å². The largest absolute Gasteiger partial charge is 0.507 e. The molecule has 0 radical (unpaired) electrons. The number of hydrogen-bond donors (Lipinski definition) is 1. The van der Waals surface area contributed by atoms with Gasteiger partial charge in [0, 0.05) is 18.7 Å². The third-order valence-electron chi connectivity index (χ3n) is 5.30. The summed E-state index contributed by atoms with van der Waals surface area (Å²) in [6, 6.07) is 11.0. The van der Waals surface area contributed by atoms with Crippen molar-refractivity contribution in [2.24, 2.45) is 5.92 Å². The molecule has 0 aliphatic carbocycles. The molecule has 3 rings (SSSR count). The van der Waals surface area contributed by atoms with Crippen molar-refractivity contribution >= 4 is 40.7 Å². The van der Waals surface area contributed by atoms with Gasteiger partial charge in [-0.1, -0.05) is 43.1 Å². The topological polar surface area (TPSA) is 70.1 Å². The zero-order valence-corrected chi connectivity index (χ0v) is 20.7. The van der Waals surface area contributed by atoms with Gasteiger partial charge >= 0.3 is 0 Å². The van der Waals surface area contributed by atoms with Crippen LogP contribution in [0.25, 0.3) is 5.76 Å². The summed E-state index contributed by atoms with van der Waals surface area (Å²) >= 11 is 12.3. The summed E-state index contributed by atoms with van der Waals surface area (Å²) in [6.07, 6.45) is 0. The number of aliphatic hydroxyl groups is 1. The first kappa shape index (κ1) is 25.1. The van der Waals surface area contributed by atoms with Crippen molar-refractivity contribution in [2.75, 3.05) is 33.8 Å². The Morgan fingerprint density at radius 3 is 2.33 bits per heavy atom. The molecule has 2 aromatic rings. The van der Waals surface area contributed by atoms with E-state index in [-0.39, 0.29) is 11.3 Å². The lowest BCUT2D eigenvalue weighted by molar-refractivity contribution is -0.140. The molecule has 1 saturated heterocycles. The highest BCUT2D eigenvalue weighted by molar-refractivity contribution is 6.46. The minimum Gasteiger partial charge on any atom is -0.507 e. The first-order chi connectivity index (χ1) is 15.6. The molecule has 1 fully saturated rings. The van der Waals surface area contributed by atoms with Gasteiger partial charge < -0.3 is 19.6 Å². The van der Waals surface area contributed by atoms with E-state index >= 15 is 0 Å². The van der Waals surface area contributed by atoms with Crippen molar-refractivity contribution in [3.05, 3.63) is 69.2 Å². The predicted octanol–water partition coefficient (Wildman–Crippen LogP) is 5.01. The number of rotatable bonds is 8. The van der Waals surface area contributed by atoms with Crippen molar-refractivity contribution in [2.45, 2.75) is 19.9 Å². The Kier molecular flexibility index (Phi) is 8.05. The van der Waals surface area contributed by atoms with Gasteiger partial charge in [0.05, 0.1) is 28.3 Å². The quantitative estimate of drug-likeness (QED) is 0.319. The van der Waals surface area contributed by atoms with Crippen LogP contribution in [0.2, 0.25) is 10.0 Å². The second-order valence-corrected chi connectivity index (χ2v) is 9.51. The van der Waals surface area contributed by atoms with Crippen LogP contribution in [0.3, 0.4) is 0 Å². The van der Waals surface area contributed by atoms with E-state index in [1.54, 1.807) is 42.5 Å². The maximum absolute atomic E-state index is 13.0. The van der Waals surface area contributed by atoms with Gasteiger partial charge in [-0.25, -0.2) is 0 Å². The second-order valence-electron chi connectivity index (χ2n) is 8.70. The Hall–Kier alpha value is -2.54. The maximum Gasteiger partial charge on any atom is 0.295 e. The summed E-state index contributed by atoms with van der Waals surface area (Å²) in [5.74, 6) is -0.601. The number of amides is 1. The van der Waals surface area contributed by atoms with E-state index in [0.29, 0.717) is 52.5 Å². The van der Waals surface area contributed by atoms with E-state index < -0.39 is 17.7 Å². The number of Topliss-reactive ketones (excluding diaryl/α,β-unsaturated/α-hetero) is 1. The number of nitrogens with zero attached hydrogens (tertiary/aromatic N) is 2. The number of aliphatic hydroxyl groups excluding tert-OH is 1. The van der Waals surface area contributed by atoms with Crippen LogP contribution in [0, 0.1) is 5.92 Å². The lowest BCUT2D eigenvalue weighted by atomic mass is 9.95. The lowest BCUT2D eigenvalue weighted by Crippen LogP contribution is -2.35. The molecule has 1 unspecified atom stereocenters. The molecule has 1 amide bonds. The zero-order chi connectivity index (χ0) is 24.3. The van der Waals surface area contributed by atoms with E-state index in [1.165, 1.54) is 4.90 Å². The summed E-state index contributed by atoms with van der Waals surface area (Å²) in [5, 5.41) is 11.8. The van der Waals surface area contributed by atoms with Gasteiger partial charge in [0.15, 0.2) is 0 Å². The van der Waals surface area contributed by atoms with Crippen LogP contribution in [0.1, 0.15) is 31.0 Å². The molecule has 1 heterocycles. The number of ketones is 1. The highest BCUT2D eigenvalue weighted by atomic mass is 35.5. The molecule has 6 nitrogen and oxygen atoms in total. The third kappa shape index (κ3) is 5.69. The van der Waals surface area contributed by atoms with Gasteiger partial charge in [-0.3, -0.25) is 9.59 Å². The Bertz CT molecular complexity index is 1060. The molecule has 2 aromatic carbocycles. The first-order valence-corrected chi connectivity index (χ1v) is 11.5. The summed E-state index contributed by atoms with van der Waals surface area (Å²) in [7, 11) is 3.77. The Morgan fingerprint density at radius 2 is 1.76 bits per heavy atom. The van der Waals surface area contributed by atoms with Crippen LogP contribution < -0.4 is 4.74 Å². The average Bonchev–Trinajstić information content (AvgIpc) is 3.02. The molecule has 1 atom stereocenters. The molecule has 1 N–H and O–H groups in total. The van der Waals surface area contributed by atoms with Crippen LogP contribution in [0.4, 0.5) is 0 Å². The fourth-order valence-electron chi connectivity index (χ4n) is 3.57. The van der Waals surface area contributed by atoms with E-state index in [1.807, 2.05) is 19.0 Å². The van der Waals surface area contributed by atoms with E-state index in [4.69, 9.17) is 27.9 Å². The normalized spacial score (nSPS) is 17.9. The fourth-order valence-corrected chi connectivity index (χ4v) is 3.88. The van der Waals surface area contributed by atoms with Crippen LogP contribution in [0.15, 0.2) is 48.0 Å². The number of likely N-dealkylation sites (N-methyl/N-ethyl adjacent to an activating group) is 1.